The van der Waals surface area contributed by atoms with Gasteiger partial charge >= 0.3 is 11.6 Å². The molecule has 0 heterocycles. The first-order valence-corrected chi connectivity index (χ1v) is 7.09. The molecule has 1 aromatic carbocycles. The Labute approximate surface area is 118 Å². The molecular weight excluding hydrogens is 260 g/mol. The van der Waals surface area contributed by atoms with Gasteiger partial charge in [-0.1, -0.05) is 48.9 Å². The Morgan fingerprint density at radius 1 is 1.21 bits per heavy atom. The number of allylic oxidation sites excluding steroid dienone is 2. The molecule has 104 valence electrons. The molecule has 4 heteroatoms. The van der Waals surface area contributed by atoms with Crippen molar-refractivity contribution >= 4 is 11.6 Å². The molecule has 0 saturated carbocycles. The van der Waals surface area contributed by atoms with E-state index in [1.807, 2.05) is 6.07 Å². The van der Waals surface area contributed by atoms with Crippen molar-refractivity contribution in [1.82, 2.24) is 0 Å². The zero-order valence-electron chi connectivity index (χ0n) is 11.3. The van der Waals surface area contributed by atoms with E-state index in [0.29, 0.717) is 11.8 Å². The van der Waals surface area contributed by atoms with Gasteiger partial charge in [-0.05, 0) is 31.2 Å². The second-order valence-corrected chi connectivity index (χ2v) is 5.12. The molecular formula is C15H20O3S. The third-order valence-corrected chi connectivity index (χ3v) is 3.66. The Bertz CT molecular complexity index is 450. The van der Waals surface area contributed by atoms with Crippen LogP contribution in [0, 0.1) is 5.92 Å². The molecule has 0 aromatic heterocycles. The van der Waals surface area contributed by atoms with Crippen LogP contribution < -0.4 is 0 Å². The number of aliphatic hydroxyl groups is 1. The number of aliphatic hydroxyl groups excluding tert-OH is 1. The molecule has 19 heavy (non-hydrogen) atoms. The van der Waals surface area contributed by atoms with Crippen LogP contribution in [-0.2, 0) is 11.6 Å². The van der Waals surface area contributed by atoms with E-state index in [2.05, 4.69) is 44.2 Å². The smallest absolute Gasteiger partial charge is 0.335 e. The van der Waals surface area contributed by atoms with E-state index >= 15 is 0 Å². The molecule has 0 bridgehead atoms. The van der Waals surface area contributed by atoms with Gasteiger partial charge < -0.3 is 5.11 Å². The lowest BCUT2D eigenvalue weighted by atomic mass is 9.84. The summed E-state index contributed by atoms with van der Waals surface area (Å²) in [5, 5.41) is 10.1. The number of rotatable bonds is 1. The van der Waals surface area contributed by atoms with Gasteiger partial charge in [0.05, 0.1) is 6.10 Å². The van der Waals surface area contributed by atoms with E-state index in [1.54, 1.807) is 0 Å². The van der Waals surface area contributed by atoms with Crippen molar-refractivity contribution in [2.45, 2.75) is 38.7 Å². The Balaban J connectivity index is 0.000000550. The topological polar surface area (TPSA) is 54.4 Å². The maximum atomic E-state index is 10.1. The molecule has 1 aliphatic rings. The van der Waals surface area contributed by atoms with Crippen LogP contribution in [0.2, 0.25) is 0 Å². The summed E-state index contributed by atoms with van der Waals surface area (Å²) in [6.07, 6.45) is 4.07. The maximum Gasteiger partial charge on any atom is 0.335 e. The Morgan fingerprint density at radius 3 is 2.37 bits per heavy atom. The summed E-state index contributed by atoms with van der Waals surface area (Å²) in [6, 6.07) is 10.5. The predicted octanol–water partition coefficient (Wildman–Crippen LogP) is 2.84. The normalized spacial score (nSPS) is 26.5. The van der Waals surface area contributed by atoms with E-state index in [-0.39, 0.29) is 6.10 Å². The SMILES string of the molecule is CC1=CC(c2ccccc2)C(C)C(O)CC1.O=S=O. The highest BCUT2D eigenvalue weighted by molar-refractivity contribution is 7.51. The Kier molecular flexibility index (Phi) is 6.67. The Hall–Kier alpha value is -1.26. The summed E-state index contributed by atoms with van der Waals surface area (Å²) in [5.41, 5.74) is 2.72. The van der Waals surface area contributed by atoms with E-state index in [0.717, 1.165) is 12.8 Å². The van der Waals surface area contributed by atoms with Gasteiger partial charge in [-0.3, -0.25) is 0 Å². The summed E-state index contributed by atoms with van der Waals surface area (Å²) in [7, 11) is 0. The predicted molar refractivity (Wildman–Crippen MR) is 76.3 cm³/mol. The van der Waals surface area contributed by atoms with Gasteiger partial charge in [0.2, 0.25) is 0 Å². The van der Waals surface area contributed by atoms with Crippen LogP contribution in [0.4, 0.5) is 0 Å². The van der Waals surface area contributed by atoms with E-state index in [4.69, 9.17) is 8.42 Å². The van der Waals surface area contributed by atoms with Crippen molar-refractivity contribution in [2.75, 3.05) is 0 Å². The fraction of sp³-hybridized carbons (Fsp3) is 0.467. The quantitative estimate of drug-likeness (QED) is 0.805. The number of hydrogen-bond donors (Lipinski definition) is 1. The van der Waals surface area contributed by atoms with Crippen molar-refractivity contribution < 1.29 is 13.5 Å². The third kappa shape index (κ3) is 4.73. The zero-order valence-corrected chi connectivity index (χ0v) is 12.1. The summed E-state index contributed by atoms with van der Waals surface area (Å²) < 4.78 is 16.6. The van der Waals surface area contributed by atoms with Crippen molar-refractivity contribution in [3.8, 4) is 0 Å². The average Bonchev–Trinajstić information content (AvgIpc) is 2.54. The van der Waals surface area contributed by atoms with Gasteiger partial charge in [0.15, 0.2) is 0 Å². The molecule has 3 unspecified atom stereocenters. The largest absolute Gasteiger partial charge is 0.393 e. The third-order valence-electron chi connectivity index (χ3n) is 3.66. The maximum absolute atomic E-state index is 10.1. The molecule has 0 fully saturated rings. The highest BCUT2D eigenvalue weighted by Crippen LogP contribution is 2.34. The van der Waals surface area contributed by atoms with Crippen molar-refractivity contribution in [1.29, 1.82) is 0 Å². The highest BCUT2D eigenvalue weighted by Gasteiger charge is 2.26. The van der Waals surface area contributed by atoms with Crippen molar-refractivity contribution in [3.05, 3.63) is 47.5 Å². The minimum absolute atomic E-state index is 0.182. The van der Waals surface area contributed by atoms with E-state index < -0.39 is 11.6 Å². The Morgan fingerprint density at radius 2 is 1.79 bits per heavy atom. The molecule has 0 spiro atoms. The van der Waals surface area contributed by atoms with Gasteiger partial charge in [0.1, 0.15) is 0 Å². The van der Waals surface area contributed by atoms with Crippen LogP contribution in [0.1, 0.15) is 38.2 Å². The van der Waals surface area contributed by atoms with Crippen LogP contribution in [-0.4, -0.2) is 19.6 Å². The lowest BCUT2D eigenvalue weighted by Crippen LogP contribution is -2.21. The molecule has 0 saturated heterocycles. The van der Waals surface area contributed by atoms with Gasteiger partial charge in [-0.2, -0.15) is 8.42 Å². The number of hydrogen-bond acceptors (Lipinski definition) is 3. The minimum Gasteiger partial charge on any atom is -0.393 e. The summed E-state index contributed by atoms with van der Waals surface area (Å²) in [6.45, 7) is 4.32. The second kappa shape index (κ2) is 8.02. The summed E-state index contributed by atoms with van der Waals surface area (Å²) in [5.74, 6) is 0.665. The fourth-order valence-corrected chi connectivity index (χ4v) is 2.49. The average molecular weight is 280 g/mol. The lowest BCUT2D eigenvalue weighted by molar-refractivity contribution is 0.104. The highest BCUT2D eigenvalue weighted by atomic mass is 32.1. The van der Waals surface area contributed by atoms with Crippen LogP contribution in [0.25, 0.3) is 0 Å². The molecule has 2 rings (SSSR count). The van der Waals surface area contributed by atoms with Crippen LogP contribution in [0.5, 0.6) is 0 Å². The fourth-order valence-electron chi connectivity index (χ4n) is 2.49. The first-order chi connectivity index (χ1) is 9.10. The molecule has 0 radical (unpaired) electrons. The molecule has 3 nitrogen and oxygen atoms in total. The van der Waals surface area contributed by atoms with Gasteiger partial charge in [0.25, 0.3) is 0 Å². The molecule has 1 aliphatic carbocycles. The molecule has 1 N–H and O–H groups in total. The van der Waals surface area contributed by atoms with Crippen LogP contribution in [0.15, 0.2) is 42.0 Å². The second-order valence-electron chi connectivity index (χ2n) is 4.98. The van der Waals surface area contributed by atoms with Gasteiger partial charge in [-0.15, -0.1) is 0 Å². The summed E-state index contributed by atoms with van der Waals surface area (Å²) >= 11 is -0.750. The van der Waals surface area contributed by atoms with Gasteiger partial charge in [-0.25, -0.2) is 0 Å². The summed E-state index contributed by atoms with van der Waals surface area (Å²) in [4.78, 5) is 0. The van der Waals surface area contributed by atoms with Crippen molar-refractivity contribution in [2.24, 2.45) is 5.92 Å². The van der Waals surface area contributed by atoms with Crippen LogP contribution in [0.3, 0.4) is 0 Å². The zero-order chi connectivity index (χ0) is 14.3. The number of benzene rings is 1. The first-order valence-electron chi connectivity index (χ1n) is 6.42. The standard InChI is InChI=1S/C15H20O.O2S/c1-11-8-9-15(16)12(2)14(10-11)13-6-4-3-5-7-13;1-3-2/h3-7,10,12,14-16H,8-9H2,1-2H3;. The first kappa shape index (κ1) is 15.8. The molecule has 3 atom stereocenters. The minimum atomic E-state index is -0.750. The monoisotopic (exact) mass is 280 g/mol. The molecule has 0 aliphatic heterocycles. The van der Waals surface area contributed by atoms with Crippen LogP contribution >= 0.6 is 0 Å². The van der Waals surface area contributed by atoms with Crippen molar-refractivity contribution in [3.63, 3.8) is 0 Å². The van der Waals surface area contributed by atoms with E-state index in [9.17, 15) is 5.11 Å². The van der Waals surface area contributed by atoms with Gasteiger partial charge in [0, 0.05) is 5.92 Å². The molecule has 1 aromatic rings. The molecule has 0 amide bonds. The van der Waals surface area contributed by atoms with E-state index in [1.165, 1.54) is 11.1 Å². The lowest BCUT2D eigenvalue weighted by Gasteiger charge is -2.24.